The third kappa shape index (κ3) is 3.15. The molecular weight excluding hydrogens is 310 g/mol. The van der Waals surface area contributed by atoms with Gasteiger partial charge in [-0.05, 0) is 38.7 Å². The highest BCUT2D eigenvalue weighted by molar-refractivity contribution is 6.07. The minimum Gasteiger partial charge on any atom is -0.480 e. The Morgan fingerprint density at radius 2 is 2.29 bits per heavy atom. The van der Waals surface area contributed by atoms with Crippen LogP contribution in [0.5, 0.6) is 0 Å². The summed E-state index contributed by atoms with van der Waals surface area (Å²) < 4.78 is 5.20. The van der Waals surface area contributed by atoms with Gasteiger partial charge in [-0.15, -0.1) is 6.58 Å². The zero-order valence-electron chi connectivity index (χ0n) is 13.4. The van der Waals surface area contributed by atoms with Gasteiger partial charge in [0.1, 0.15) is 6.04 Å². The first kappa shape index (κ1) is 16.2. The molecule has 2 N–H and O–H groups in total. The Kier molecular flexibility index (Phi) is 4.33. The summed E-state index contributed by atoms with van der Waals surface area (Å²) in [5.74, 6) is -1.19. The Morgan fingerprint density at radius 3 is 2.92 bits per heavy atom. The molecule has 126 valence electrons. The van der Waals surface area contributed by atoms with Crippen molar-refractivity contribution in [2.24, 2.45) is 0 Å². The number of hydrogen-bond acceptors (Lipinski definition) is 5. The van der Waals surface area contributed by atoms with E-state index in [1.54, 1.807) is 19.1 Å². The lowest BCUT2D eigenvalue weighted by molar-refractivity contribution is -0.139. The van der Waals surface area contributed by atoms with Gasteiger partial charge in [0.2, 0.25) is 0 Å². The number of aryl methyl sites for hydroxylation is 1. The molecule has 2 heterocycles. The molecule has 1 amide bonds. The van der Waals surface area contributed by atoms with Gasteiger partial charge in [0.25, 0.3) is 11.6 Å². The molecule has 0 radical (unpaired) electrons. The number of nitrogens with zero attached hydrogens (tertiary/aromatic N) is 2. The van der Waals surface area contributed by atoms with Crippen molar-refractivity contribution in [1.29, 1.82) is 0 Å². The molecule has 2 aromatic rings. The van der Waals surface area contributed by atoms with Gasteiger partial charge in [-0.1, -0.05) is 11.2 Å². The summed E-state index contributed by atoms with van der Waals surface area (Å²) in [6.07, 6.45) is 4.48. The first-order chi connectivity index (χ1) is 11.5. The molecule has 1 atom stereocenters. The van der Waals surface area contributed by atoms with E-state index in [0.717, 1.165) is 18.5 Å². The maximum absolute atomic E-state index is 12.7. The summed E-state index contributed by atoms with van der Waals surface area (Å²) in [6.45, 7) is 5.31. The van der Waals surface area contributed by atoms with E-state index in [4.69, 9.17) is 4.52 Å². The van der Waals surface area contributed by atoms with Gasteiger partial charge in [0.05, 0.1) is 16.6 Å². The predicted molar refractivity (Wildman–Crippen MR) is 86.8 cm³/mol. The van der Waals surface area contributed by atoms with E-state index in [2.05, 4.69) is 22.0 Å². The van der Waals surface area contributed by atoms with Crippen LogP contribution in [-0.4, -0.2) is 33.2 Å². The average Bonchev–Trinajstić information content (AvgIpc) is 3.34. The normalized spacial score (nSPS) is 15.2. The smallest absolute Gasteiger partial charge is 0.326 e. The predicted octanol–water partition coefficient (Wildman–Crippen LogP) is 2.56. The van der Waals surface area contributed by atoms with Crippen molar-refractivity contribution in [2.75, 3.05) is 0 Å². The van der Waals surface area contributed by atoms with Crippen LogP contribution in [0.25, 0.3) is 11.1 Å². The second-order valence-corrected chi connectivity index (χ2v) is 6.05. The number of fused-ring (bicyclic) bond motifs is 1. The third-order valence-electron chi connectivity index (χ3n) is 4.14. The van der Waals surface area contributed by atoms with Gasteiger partial charge in [0, 0.05) is 11.6 Å². The Labute approximate surface area is 138 Å². The summed E-state index contributed by atoms with van der Waals surface area (Å²) in [4.78, 5) is 28.5. The van der Waals surface area contributed by atoms with Crippen molar-refractivity contribution in [3.63, 3.8) is 0 Å². The molecule has 1 unspecified atom stereocenters. The number of rotatable bonds is 7. The number of carboxylic acids is 1. The second kappa shape index (κ2) is 6.43. The topological polar surface area (TPSA) is 105 Å². The molecule has 24 heavy (non-hydrogen) atoms. The molecule has 1 saturated carbocycles. The standard InChI is InChI=1S/C17H19N3O4/c1-3-4-5-12(17(22)23)18-15(21)11-8-13(10-6-7-10)19-16-14(11)9(2)20-24-16/h3,8,10,12H,1,4-7H2,2H3,(H,18,21)(H,22,23). The zero-order chi connectivity index (χ0) is 17.3. The Morgan fingerprint density at radius 1 is 1.54 bits per heavy atom. The minimum atomic E-state index is -1.07. The molecule has 2 aromatic heterocycles. The molecule has 1 aliphatic carbocycles. The Hall–Kier alpha value is -2.70. The lowest BCUT2D eigenvalue weighted by Crippen LogP contribution is -2.40. The number of nitrogens with one attached hydrogen (secondary N) is 1. The van der Waals surface area contributed by atoms with E-state index < -0.39 is 17.9 Å². The van der Waals surface area contributed by atoms with E-state index in [0.29, 0.717) is 34.7 Å². The van der Waals surface area contributed by atoms with Crippen LogP contribution in [-0.2, 0) is 4.79 Å². The SMILES string of the molecule is C=CCCC(NC(=O)c1cc(C2CC2)nc2onc(C)c12)C(=O)O. The number of carboxylic acid groups (broad SMARTS) is 1. The van der Waals surface area contributed by atoms with E-state index >= 15 is 0 Å². The lowest BCUT2D eigenvalue weighted by Gasteiger charge is -2.14. The highest BCUT2D eigenvalue weighted by atomic mass is 16.5. The first-order valence-electron chi connectivity index (χ1n) is 7.92. The molecule has 0 aliphatic heterocycles. The molecule has 0 bridgehead atoms. The van der Waals surface area contributed by atoms with E-state index in [1.807, 2.05) is 0 Å². The van der Waals surface area contributed by atoms with Crippen LogP contribution in [0.15, 0.2) is 23.2 Å². The fourth-order valence-corrected chi connectivity index (χ4v) is 2.66. The van der Waals surface area contributed by atoms with Crippen molar-refractivity contribution >= 4 is 23.0 Å². The van der Waals surface area contributed by atoms with Gasteiger partial charge in [-0.25, -0.2) is 9.78 Å². The summed E-state index contributed by atoms with van der Waals surface area (Å²) in [5.41, 5.74) is 2.04. The van der Waals surface area contributed by atoms with Crippen molar-refractivity contribution in [3.05, 3.63) is 35.7 Å². The molecule has 0 spiro atoms. The van der Waals surface area contributed by atoms with Gasteiger partial charge in [-0.3, -0.25) is 4.79 Å². The molecular formula is C17H19N3O4. The molecule has 0 saturated heterocycles. The quantitative estimate of drug-likeness (QED) is 0.756. The number of amides is 1. The summed E-state index contributed by atoms with van der Waals surface area (Å²) in [5, 5.41) is 16.3. The van der Waals surface area contributed by atoms with Crippen LogP contribution in [0.1, 0.15) is 53.3 Å². The zero-order valence-corrected chi connectivity index (χ0v) is 13.4. The number of hydrogen-bond donors (Lipinski definition) is 2. The van der Waals surface area contributed by atoms with E-state index in [9.17, 15) is 14.7 Å². The summed E-state index contributed by atoms with van der Waals surface area (Å²) >= 11 is 0. The number of aliphatic carboxylic acids is 1. The van der Waals surface area contributed by atoms with Crippen molar-refractivity contribution < 1.29 is 19.2 Å². The number of carbonyl (C=O) groups is 2. The van der Waals surface area contributed by atoms with Gasteiger partial charge < -0.3 is 14.9 Å². The fraction of sp³-hybridized carbons (Fsp3) is 0.412. The average molecular weight is 329 g/mol. The molecule has 7 heteroatoms. The monoisotopic (exact) mass is 329 g/mol. The molecule has 0 aromatic carbocycles. The van der Waals surface area contributed by atoms with Crippen LogP contribution < -0.4 is 5.32 Å². The molecule has 3 rings (SSSR count). The lowest BCUT2D eigenvalue weighted by atomic mass is 10.1. The highest BCUT2D eigenvalue weighted by Crippen LogP contribution is 2.40. The van der Waals surface area contributed by atoms with E-state index in [1.165, 1.54) is 0 Å². The summed E-state index contributed by atoms with van der Waals surface area (Å²) in [6, 6.07) is 0.759. The van der Waals surface area contributed by atoms with Crippen LogP contribution in [0.2, 0.25) is 0 Å². The number of pyridine rings is 1. The molecule has 1 fully saturated rings. The first-order valence-corrected chi connectivity index (χ1v) is 7.92. The van der Waals surface area contributed by atoms with Crippen LogP contribution in [0, 0.1) is 6.92 Å². The highest BCUT2D eigenvalue weighted by Gasteiger charge is 2.29. The minimum absolute atomic E-state index is 0.289. The largest absolute Gasteiger partial charge is 0.480 e. The number of aromatic nitrogens is 2. The fourth-order valence-electron chi connectivity index (χ4n) is 2.66. The van der Waals surface area contributed by atoms with Crippen molar-refractivity contribution in [2.45, 2.75) is 44.6 Å². The summed E-state index contributed by atoms with van der Waals surface area (Å²) in [7, 11) is 0. The van der Waals surface area contributed by atoms with Crippen LogP contribution in [0.3, 0.4) is 0 Å². The van der Waals surface area contributed by atoms with Crippen molar-refractivity contribution in [3.8, 4) is 0 Å². The maximum Gasteiger partial charge on any atom is 0.326 e. The van der Waals surface area contributed by atoms with Crippen LogP contribution in [0.4, 0.5) is 0 Å². The second-order valence-electron chi connectivity index (χ2n) is 6.05. The Bertz CT molecular complexity index is 808. The number of allylic oxidation sites excluding steroid dienone is 1. The Balaban J connectivity index is 1.94. The van der Waals surface area contributed by atoms with Crippen LogP contribution >= 0.6 is 0 Å². The maximum atomic E-state index is 12.7. The van der Waals surface area contributed by atoms with Gasteiger partial charge in [-0.2, -0.15) is 0 Å². The third-order valence-corrected chi connectivity index (χ3v) is 4.14. The molecule has 1 aliphatic rings. The van der Waals surface area contributed by atoms with Crippen molar-refractivity contribution in [1.82, 2.24) is 15.5 Å². The number of carbonyl (C=O) groups excluding carboxylic acids is 1. The van der Waals surface area contributed by atoms with Gasteiger partial charge in [0.15, 0.2) is 0 Å². The molecule has 7 nitrogen and oxygen atoms in total. The van der Waals surface area contributed by atoms with Gasteiger partial charge >= 0.3 is 5.97 Å². The van der Waals surface area contributed by atoms with E-state index in [-0.39, 0.29) is 6.42 Å².